The summed E-state index contributed by atoms with van der Waals surface area (Å²) < 4.78 is 40.6. The van der Waals surface area contributed by atoms with Crippen molar-refractivity contribution in [3.63, 3.8) is 0 Å². The fraction of sp³-hybridized carbons (Fsp3) is 0.260. The van der Waals surface area contributed by atoms with Crippen molar-refractivity contribution in [2.24, 2.45) is 0 Å². The standard InChI is InChI=1S/C50H52N6O7S2/c57-50(52-65(60,61)46-23-24-48(49(35-46)56(58)59)51-41(25-26-53-31-33-62-34-32-53)37-64-45-12-5-2-6-13-45)39-15-19-42(20-16-39)55-29-27-54(28-30-55)36-40-9-7-8-14-47(40)38-17-21-44(22-18-38)63-43-10-3-1-4-11-43/h1-24,35,41,51H,25-34,36-37H2,(H,52,57)/t41-/m1/s1. The van der Waals surface area contributed by atoms with Gasteiger partial charge in [-0.2, -0.15) is 0 Å². The number of amides is 1. The lowest BCUT2D eigenvalue weighted by Crippen LogP contribution is -2.46. The average molecular weight is 913 g/mol. The number of morpholine rings is 1. The van der Waals surface area contributed by atoms with Crippen LogP contribution in [0.25, 0.3) is 11.1 Å². The lowest BCUT2D eigenvalue weighted by molar-refractivity contribution is -0.384. The van der Waals surface area contributed by atoms with Gasteiger partial charge in [0.15, 0.2) is 0 Å². The molecule has 0 spiro atoms. The second kappa shape index (κ2) is 21.6. The van der Waals surface area contributed by atoms with E-state index in [-0.39, 0.29) is 22.2 Å². The highest BCUT2D eigenvalue weighted by Crippen LogP contribution is 2.32. The molecule has 0 radical (unpaired) electrons. The largest absolute Gasteiger partial charge is 0.457 e. The van der Waals surface area contributed by atoms with Crippen LogP contribution < -0.4 is 19.7 Å². The van der Waals surface area contributed by atoms with Gasteiger partial charge < -0.3 is 19.7 Å². The molecule has 1 amide bonds. The summed E-state index contributed by atoms with van der Waals surface area (Å²) >= 11 is 1.64. The number of thioether (sulfide) groups is 1. The molecule has 2 heterocycles. The number of rotatable bonds is 18. The molecule has 2 fully saturated rings. The van der Waals surface area contributed by atoms with Crippen LogP contribution in [0.2, 0.25) is 0 Å². The number of anilines is 2. The number of nitrogens with zero attached hydrogens (tertiary/aromatic N) is 4. The molecule has 1 atom stereocenters. The third-order valence-electron chi connectivity index (χ3n) is 11.6. The van der Waals surface area contributed by atoms with Crippen molar-refractivity contribution < 1.29 is 27.6 Å². The number of sulfonamides is 1. The van der Waals surface area contributed by atoms with Crippen molar-refractivity contribution in [3.05, 3.63) is 173 Å². The Hall–Kier alpha value is -6.23. The molecule has 2 N–H and O–H groups in total. The van der Waals surface area contributed by atoms with Gasteiger partial charge in [-0.25, -0.2) is 13.1 Å². The third-order valence-corrected chi connectivity index (χ3v) is 14.1. The molecule has 2 aliphatic heterocycles. The predicted octanol–water partition coefficient (Wildman–Crippen LogP) is 8.79. The molecule has 15 heteroatoms. The van der Waals surface area contributed by atoms with Crippen LogP contribution in [0.4, 0.5) is 17.1 Å². The molecule has 0 aliphatic carbocycles. The van der Waals surface area contributed by atoms with Gasteiger partial charge in [0.05, 0.1) is 23.0 Å². The summed E-state index contributed by atoms with van der Waals surface area (Å²) in [5.74, 6) is 1.38. The van der Waals surface area contributed by atoms with E-state index in [4.69, 9.17) is 9.47 Å². The number of hydrogen-bond acceptors (Lipinski definition) is 12. The van der Waals surface area contributed by atoms with E-state index in [0.29, 0.717) is 25.4 Å². The van der Waals surface area contributed by atoms with E-state index in [2.05, 4.69) is 61.1 Å². The van der Waals surface area contributed by atoms with E-state index < -0.39 is 26.5 Å². The summed E-state index contributed by atoms with van der Waals surface area (Å²) in [6.07, 6.45) is 0.709. The number of nitro benzene ring substituents is 1. The van der Waals surface area contributed by atoms with Gasteiger partial charge in [-0.1, -0.05) is 72.8 Å². The number of nitrogens with one attached hydrogen (secondary N) is 2. The number of benzene rings is 6. The van der Waals surface area contributed by atoms with E-state index >= 15 is 0 Å². The van der Waals surface area contributed by atoms with Crippen LogP contribution in [0.15, 0.2) is 161 Å². The van der Waals surface area contributed by atoms with Gasteiger partial charge in [-0.05, 0) is 95.9 Å². The van der Waals surface area contributed by atoms with Crippen LogP contribution in [0.1, 0.15) is 22.3 Å². The van der Waals surface area contributed by atoms with Crippen LogP contribution in [-0.2, 0) is 21.3 Å². The average Bonchev–Trinajstić information content (AvgIpc) is 3.34. The predicted molar refractivity (Wildman–Crippen MR) is 257 cm³/mol. The first-order chi connectivity index (χ1) is 31.7. The van der Waals surface area contributed by atoms with Gasteiger partial charge in [-0.3, -0.25) is 24.7 Å². The van der Waals surface area contributed by atoms with Crippen LogP contribution in [-0.4, -0.2) is 99.9 Å². The molecule has 8 rings (SSSR count). The maximum Gasteiger partial charge on any atom is 0.293 e. The lowest BCUT2D eigenvalue weighted by Gasteiger charge is -2.36. The monoisotopic (exact) mass is 912 g/mol. The van der Waals surface area contributed by atoms with Gasteiger partial charge in [0.2, 0.25) is 0 Å². The van der Waals surface area contributed by atoms with Crippen molar-refractivity contribution in [2.45, 2.75) is 28.8 Å². The molecule has 6 aromatic carbocycles. The second-order valence-electron chi connectivity index (χ2n) is 16.0. The molecule has 0 unspecified atom stereocenters. The van der Waals surface area contributed by atoms with Crippen molar-refractivity contribution >= 4 is 44.8 Å². The van der Waals surface area contributed by atoms with Crippen molar-refractivity contribution in [3.8, 4) is 22.6 Å². The zero-order chi connectivity index (χ0) is 45.0. The second-order valence-corrected chi connectivity index (χ2v) is 18.8. The molecule has 0 saturated carbocycles. The molecule has 336 valence electrons. The Labute approximate surface area is 384 Å². The quantitative estimate of drug-likeness (QED) is 0.0483. The summed E-state index contributed by atoms with van der Waals surface area (Å²) in [5.41, 5.74) is 4.43. The summed E-state index contributed by atoms with van der Waals surface area (Å²) in [6, 6.07) is 46.6. The molecule has 2 saturated heterocycles. The minimum Gasteiger partial charge on any atom is -0.457 e. The van der Waals surface area contributed by atoms with Crippen LogP contribution in [0.5, 0.6) is 11.5 Å². The summed E-state index contributed by atoms with van der Waals surface area (Å²) in [6.45, 7) is 7.77. The summed E-state index contributed by atoms with van der Waals surface area (Å²) in [5, 5.41) is 15.7. The van der Waals surface area contributed by atoms with E-state index in [1.807, 2.05) is 84.9 Å². The fourth-order valence-electron chi connectivity index (χ4n) is 7.98. The fourth-order valence-corrected chi connectivity index (χ4v) is 9.97. The first-order valence-corrected chi connectivity index (χ1v) is 24.2. The first-order valence-electron chi connectivity index (χ1n) is 21.8. The number of carbonyl (C=O) groups is 1. The highest BCUT2D eigenvalue weighted by Gasteiger charge is 2.26. The maximum atomic E-state index is 13.5. The minimum atomic E-state index is -4.45. The van der Waals surface area contributed by atoms with Gasteiger partial charge in [0.25, 0.3) is 21.6 Å². The molecule has 65 heavy (non-hydrogen) atoms. The number of nitro groups is 1. The Balaban J connectivity index is 0.857. The first kappa shape index (κ1) is 45.3. The zero-order valence-electron chi connectivity index (χ0n) is 36.0. The van der Waals surface area contributed by atoms with Gasteiger partial charge in [-0.15, -0.1) is 11.8 Å². The number of carbonyl (C=O) groups excluding carboxylic acids is 1. The molecule has 2 aliphatic rings. The minimum absolute atomic E-state index is 0.152. The van der Waals surface area contributed by atoms with Gasteiger partial charge in [0.1, 0.15) is 17.2 Å². The van der Waals surface area contributed by atoms with E-state index in [9.17, 15) is 23.3 Å². The van der Waals surface area contributed by atoms with Crippen molar-refractivity contribution in [1.82, 2.24) is 14.5 Å². The SMILES string of the molecule is O=C(NS(=O)(=O)c1ccc(N[C@H](CCN2CCOCC2)CSc2ccccc2)c([N+](=O)[O-])c1)c1ccc(N2CCN(Cc3ccccc3-c3ccc(Oc4ccccc4)cc3)CC2)cc1. The highest BCUT2D eigenvalue weighted by molar-refractivity contribution is 7.99. The smallest absolute Gasteiger partial charge is 0.293 e. The Bertz CT molecular complexity index is 2630. The van der Waals surface area contributed by atoms with Crippen molar-refractivity contribution in [1.29, 1.82) is 0 Å². The maximum absolute atomic E-state index is 13.5. The molecule has 13 nitrogen and oxygen atoms in total. The van der Waals surface area contributed by atoms with Gasteiger partial charge >= 0.3 is 0 Å². The normalized spacial score (nSPS) is 15.2. The molecular formula is C50H52N6O7S2. The number of piperazine rings is 1. The molecular weight excluding hydrogens is 861 g/mol. The lowest BCUT2D eigenvalue weighted by atomic mass is 9.99. The Morgan fingerprint density at radius 2 is 1.42 bits per heavy atom. The highest BCUT2D eigenvalue weighted by atomic mass is 32.2. The Morgan fingerprint density at radius 1 is 0.754 bits per heavy atom. The van der Waals surface area contributed by atoms with E-state index in [1.165, 1.54) is 23.3 Å². The van der Waals surface area contributed by atoms with Crippen LogP contribution >= 0.6 is 11.8 Å². The number of para-hydroxylation sites is 1. The number of hydrogen-bond donors (Lipinski definition) is 2. The summed E-state index contributed by atoms with van der Waals surface area (Å²) in [4.78, 5) is 32.7. The Morgan fingerprint density at radius 3 is 2.12 bits per heavy atom. The molecule has 0 aromatic heterocycles. The molecule has 6 aromatic rings. The Kier molecular flexibility index (Phi) is 15.1. The van der Waals surface area contributed by atoms with Gasteiger partial charge in [0, 0.05) is 86.4 Å². The van der Waals surface area contributed by atoms with Crippen molar-refractivity contribution in [2.75, 3.05) is 75.0 Å². The molecule has 0 bridgehead atoms. The topological polar surface area (TPSA) is 147 Å². The van der Waals surface area contributed by atoms with Crippen LogP contribution in [0.3, 0.4) is 0 Å². The van der Waals surface area contributed by atoms with Crippen LogP contribution in [0, 0.1) is 10.1 Å². The van der Waals surface area contributed by atoms with E-state index in [0.717, 1.165) is 86.1 Å². The summed E-state index contributed by atoms with van der Waals surface area (Å²) in [7, 11) is -4.45. The van der Waals surface area contributed by atoms with E-state index in [1.54, 1.807) is 23.9 Å². The zero-order valence-corrected chi connectivity index (χ0v) is 37.6. The number of ether oxygens (including phenoxy) is 2. The third kappa shape index (κ3) is 12.3.